The molecule has 1 fully saturated rings. The fourth-order valence-electron chi connectivity index (χ4n) is 2.64. The molecule has 2 heterocycles. The third-order valence-corrected chi connectivity index (χ3v) is 6.22. The molecule has 114 valence electrons. The van der Waals surface area contributed by atoms with E-state index < -0.39 is 10.0 Å². The number of nitrogens with zero attached hydrogens (tertiary/aromatic N) is 2. The third kappa shape index (κ3) is 3.14. The quantitative estimate of drug-likeness (QED) is 0.818. The molecule has 1 atom stereocenters. The maximum atomic E-state index is 12.5. The van der Waals surface area contributed by atoms with Gasteiger partial charge in [0.05, 0.1) is 4.90 Å². The highest BCUT2D eigenvalue weighted by atomic mass is 79.9. The van der Waals surface area contributed by atoms with E-state index in [4.69, 9.17) is 4.84 Å². The van der Waals surface area contributed by atoms with Gasteiger partial charge in [0.25, 0.3) is 0 Å². The molecule has 0 saturated carbocycles. The van der Waals surface area contributed by atoms with Crippen molar-refractivity contribution in [2.24, 2.45) is 5.16 Å². The first-order chi connectivity index (χ1) is 10.1. The average Bonchev–Trinajstić information content (AvgIpc) is 2.95. The van der Waals surface area contributed by atoms with E-state index in [9.17, 15) is 8.42 Å². The highest BCUT2D eigenvalue weighted by Gasteiger charge is 2.27. The van der Waals surface area contributed by atoms with Crippen molar-refractivity contribution in [3.63, 3.8) is 0 Å². The topological polar surface area (TPSA) is 59.0 Å². The predicted molar refractivity (Wildman–Crippen MR) is 83.9 cm³/mol. The second kappa shape index (κ2) is 6.06. The molecule has 21 heavy (non-hydrogen) atoms. The Hall–Kier alpha value is -0.920. The summed E-state index contributed by atoms with van der Waals surface area (Å²) in [5.74, 6) is 0. The SMILES string of the molecule is O=S(=O)(c1ccc([C@H]2CC(Br)=NO2)cc1)N1CCCCC1. The third-order valence-electron chi connectivity index (χ3n) is 3.84. The van der Waals surface area contributed by atoms with E-state index in [1.807, 2.05) is 12.1 Å². The zero-order valence-corrected chi connectivity index (χ0v) is 13.9. The van der Waals surface area contributed by atoms with Gasteiger partial charge in [0.15, 0.2) is 6.10 Å². The molecule has 2 aliphatic rings. The molecule has 0 unspecified atom stereocenters. The molecule has 1 saturated heterocycles. The van der Waals surface area contributed by atoms with E-state index in [1.165, 1.54) is 0 Å². The van der Waals surface area contributed by atoms with E-state index in [2.05, 4.69) is 21.1 Å². The molecule has 0 bridgehead atoms. The lowest BCUT2D eigenvalue weighted by Crippen LogP contribution is -2.35. The Bertz CT molecular complexity index is 637. The molecule has 0 amide bonds. The van der Waals surface area contributed by atoms with E-state index >= 15 is 0 Å². The van der Waals surface area contributed by atoms with Crippen molar-refractivity contribution < 1.29 is 13.3 Å². The summed E-state index contributed by atoms with van der Waals surface area (Å²) in [5.41, 5.74) is 0.936. The summed E-state index contributed by atoms with van der Waals surface area (Å²) in [7, 11) is -3.36. The van der Waals surface area contributed by atoms with Crippen molar-refractivity contribution in [1.29, 1.82) is 0 Å². The molecular weight excluding hydrogens is 356 g/mol. The highest BCUT2D eigenvalue weighted by molar-refractivity contribution is 9.18. The van der Waals surface area contributed by atoms with Crippen LogP contribution in [0.4, 0.5) is 0 Å². The van der Waals surface area contributed by atoms with Gasteiger partial charge in [-0.05, 0) is 46.5 Å². The van der Waals surface area contributed by atoms with Crippen molar-refractivity contribution in [2.45, 2.75) is 36.7 Å². The first-order valence-corrected chi connectivity index (χ1v) is 9.29. The van der Waals surface area contributed by atoms with Gasteiger partial charge in [-0.1, -0.05) is 23.7 Å². The van der Waals surface area contributed by atoms with E-state index in [1.54, 1.807) is 16.4 Å². The standard InChI is InChI=1S/C14H17BrN2O3S/c15-14-10-13(20-16-14)11-4-6-12(7-5-11)21(18,19)17-8-2-1-3-9-17/h4-7,13H,1-3,8-10H2/t13-/m1/s1. The van der Waals surface area contributed by atoms with E-state index in [0.717, 1.165) is 29.4 Å². The Morgan fingerprint density at radius 1 is 1.14 bits per heavy atom. The fraction of sp³-hybridized carbons (Fsp3) is 0.500. The van der Waals surface area contributed by atoms with E-state index in [0.29, 0.717) is 24.4 Å². The lowest BCUT2D eigenvalue weighted by molar-refractivity contribution is 0.0857. The molecule has 0 spiro atoms. The second-order valence-electron chi connectivity index (χ2n) is 5.30. The van der Waals surface area contributed by atoms with Crippen LogP contribution in [0.3, 0.4) is 0 Å². The lowest BCUT2D eigenvalue weighted by Gasteiger charge is -2.26. The molecule has 0 aromatic heterocycles. The Morgan fingerprint density at radius 2 is 1.81 bits per heavy atom. The molecular formula is C14H17BrN2O3S. The molecule has 1 aromatic carbocycles. The Kier molecular flexibility index (Phi) is 4.33. The van der Waals surface area contributed by atoms with Crippen LogP contribution in [0, 0.1) is 0 Å². The molecule has 5 nitrogen and oxygen atoms in total. The van der Waals surface area contributed by atoms with Gasteiger partial charge in [-0.2, -0.15) is 4.31 Å². The molecule has 0 aliphatic carbocycles. The highest BCUT2D eigenvalue weighted by Crippen LogP contribution is 2.30. The van der Waals surface area contributed by atoms with Crippen molar-refractivity contribution in [2.75, 3.05) is 13.1 Å². The maximum Gasteiger partial charge on any atom is 0.243 e. The summed E-state index contributed by atoms with van der Waals surface area (Å²) in [6.07, 6.45) is 3.54. The van der Waals surface area contributed by atoms with Crippen LogP contribution in [-0.2, 0) is 14.9 Å². The summed E-state index contributed by atoms with van der Waals surface area (Å²) in [6.45, 7) is 1.24. The Labute approximate surface area is 133 Å². The van der Waals surface area contributed by atoms with Gasteiger partial charge in [0, 0.05) is 19.5 Å². The van der Waals surface area contributed by atoms with Crippen LogP contribution in [0.5, 0.6) is 0 Å². The van der Waals surface area contributed by atoms with Gasteiger partial charge in [0.1, 0.15) is 4.62 Å². The van der Waals surface area contributed by atoms with Gasteiger partial charge < -0.3 is 4.84 Å². The monoisotopic (exact) mass is 372 g/mol. The number of sulfonamides is 1. The minimum Gasteiger partial charge on any atom is -0.386 e. The Balaban J connectivity index is 1.77. The van der Waals surface area contributed by atoms with Gasteiger partial charge in [-0.15, -0.1) is 0 Å². The predicted octanol–water partition coefficient (Wildman–Crippen LogP) is 3.03. The van der Waals surface area contributed by atoms with Gasteiger partial charge in [-0.3, -0.25) is 0 Å². The van der Waals surface area contributed by atoms with Crippen LogP contribution in [0.25, 0.3) is 0 Å². The molecule has 7 heteroatoms. The van der Waals surface area contributed by atoms with Crippen LogP contribution >= 0.6 is 15.9 Å². The summed E-state index contributed by atoms with van der Waals surface area (Å²) >= 11 is 3.30. The summed E-state index contributed by atoms with van der Waals surface area (Å²) in [5, 5.41) is 3.85. The number of hydrogen-bond acceptors (Lipinski definition) is 4. The van der Waals surface area contributed by atoms with Crippen LogP contribution in [0.1, 0.15) is 37.4 Å². The minimum absolute atomic E-state index is 0.133. The van der Waals surface area contributed by atoms with Crippen LogP contribution in [0.15, 0.2) is 34.3 Å². The first kappa shape index (κ1) is 15.0. The van der Waals surface area contributed by atoms with Gasteiger partial charge >= 0.3 is 0 Å². The number of halogens is 1. The molecule has 3 rings (SSSR count). The number of oxime groups is 1. The van der Waals surface area contributed by atoms with Gasteiger partial charge in [-0.25, -0.2) is 8.42 Å². The largest absolute Gasteiger partial charge is 0.386 e. The summed E-state index contributed by atoms with van der Waals surface area (Å²) in [4.78, 5) is 5.63. The normalized spacial score (nSPS) is 23.7. The minimum atomic E-state index is -3.36. The number of piperidine rings is 1. The molecule has 0 radical (unpaired) electrons. The zero-order chi connectivity index (χ0) is 14.9. The first-order valence-electron chi connectivity index (χ1n) is 7.06. The van der Waals surface area contributed by atoms with Crippen molar-refractivity contribution >= 4 is 30.6 Å². The Morgan fingerprint density at radius 3 is 2.38 bits per heavy atom. The zero-order valence-electron chi connectivity index (χ0n) is 11.5. The van der Waals surface area contributed by atoms with Crippen molar-refractivity contribution in [3.8, 4) is 0 Å². The van der Waals surface area contributed by atoms with E-state index in [-0.39, 0.29) is 6.10 Å². The number of hydrogen-bond donors (Lipinski definition) is 0. The molecule has 1 aromatic rings. The number of rotatable bonds is 3. The fourth-order valence-corrected chi connectivity index (χ4v) is 4.53. The average molecular weight is 373 g/mol. The second-order valence-corrected chi connectivity index (χ2v) is 8.15. The van der Waals surface area contributed by atoms with Crippen molar-refractivity contribution in [1.82, 2.24) is 4.31 Å². The van der Waals surface area contributed by atoms with Crippen molar-refractivity contribution in [3.05, 3.63) is 29.8 Å². The summed E-state index contributed by atoms with van der Waals surface area (Å²) in [6, 6.07) is 6.94. The smallest absolute Gasteiger partial charge is 0.243 e. The molecule has 2 aliphatic heterocycles. The summed E-state index contributed by atoms with van der Waals surface area (Å²) < 4.78 is 27.4. The van der Waals surface area contributed by atoms with Gasteiger partial charge in [0.2, 0.25) is 10.0 Å². The van der Waals surface area contributed by atoms with Crippen LogP contribution < -0.4 is 0 Å². The lowest BCUT2D eigenvalue weighted by atomic mass is 10.1. The maximum absolute atomic E-state index is 12.5. The van der Waals surface area contributed by atoms with Crippen LogP contribution in [0.2, 0.25) is 0 Å². The van der Waals surface area contributed by atoms with Crippen LogP contribution in [-0.4, -0.2) is 30.4 Å². The number of benzene rings is 1. The molecule has 0 N–H and O–H groups in total.